The number of thiazole rings is 1. The molecule has 84 valence electrons. The zero-order valence-electron chi connectivity index (χ0n) is 9.57. The van der Waals surface area contributed by atoms with Crippen LogP contribution in [0.15, 0.2) is 18.2 Å². The van der Waals surface area contributed by atoms with Crippen LogP contribution in [0.25, 0.3) is 10.6 Å². The molecule has 1 aromatic heterocycles. The lowest BCUT2D eigenvalue weighted by Gasteiger charge is -2.06. The molecule has 3 nitrogen and oxygen atoms in total. The van der Waals surface area contributed by atoms with Crippen molar-refractivity contribution in [1.82, 2.24) is 4.98 Å². The van der Waals surface area contributed by atoms with E-state index in [9.17, 15) is 0 Å². The van der Waals surface area contributed by atoms with E-state index in [1.165, 1.54) is 4.88 Å². The molecule has 2 aromatic rings. The number of nitrogens with two attached hydrogens (primary N) is 1. The molecule has 0 fully saturated rings. The van der Waals surface area contributed by atoms with Gasteiger partial charge in [0.15, 0.2) is 0 Å². The summed E-state index contributed by atoms with van der Waals surface area (Å²) in [5, 5.41) is 0.958. The molecule has 1 heterocycles. The zero-order valence-corrected chi connectivity index (χ0v) is 10.4. The van der Waals surface area contributed by atoms with Gasteiger partial charge in [-0.05, 0) is 32.0 Å². The van der Waals surface area contributed by atoms with Crippen LogP contribution in [0.4, 0.5) is 5.69 Å². The van der Waals surface area contributed by atoms with Crippen LogP contribution < -0.4 is 10.5 Å². The van der Waals surface area contributed by atoms with E-state index in [4.69, 9.17) is 10.5 Å². The van der Waals surface area contributed by atoms with Crippen molar-refractivity contribution in [1.29, 1.82) is 0 Å². The van der Waals surface area contributed by atoms with E-state index in [1.54, 1.807) is 18.4 Å². The van der Waals surface area contributed by atoms with Crippen LogP contribution in [0, 0.1) is 13.8 Å². The van der Waals surface area contributed by atoms with Gasteiger partial charge in [0.05, 0.1) is 18.4 Å². The van der Waals surface area contributed by atoms with Gasteiger partial charge < -0.3 is 10.5 Å². The van der Waals surface area contributed by atoms with Crippen molar-refractivity contribution in [2.24, 2.45) is 0 Å². The fourth-order valence-corrected chi connectivity index (χ4v) is 2.42. The van der Waals surface area contributed by atoms with E-state index in [0.717, 1.165) is 27.7 Å². The highest BCUT2D eigenvalue weighted by atomic mass is 32.1. The second-order valence-electron chi connectivity index (χ2n) is 3.62. The number of rotatable bonds is 2. The summed E-state index contributed by atoms with van der Waals surface area (Å²) in [5.41, 5.74) is 8.53. The monoisotopic (exact) mass is 234 g/mol. The normalized spacial score (nSPS) is 10.4. The number of methoxy groups -OCH3 is 1. The Morgan fingerprint density at radius 1 is 1.31 bits per heavy atom. The lowest BCUT2D eigenvalue weighted by Crippen LogP contribution is -1.91. The molecule has 2 N–H and O–H groups in total. The first-order chi connectivity index (χ1) is 7.61. The molecule has 0 bridgehead atoms. The van der Waals surface area contributed by atoms with Gasteiger partial charge in [-0.25, -0.2) is 4.98 Å². The Morgan fingerprint density at radius 2 is 2.06 bits per heavy atom. The summed E-state index contributed by atoms with van der Waals surface area (Å²) in [7, 11) is 1.66. The first-order valence-corrected chi connectivity index (χ1v) is 5.81. The second kappa shape index (κ2) is 4.14. The number of nitrogen functional groups attached to an aromatic ring is 1. The summed E-state index contributed by atoms with van der Waals surface area (Å²) < 4.78 is 5.31. The highest BCUT2D eigenvalue weighted by Crippen LogP contribution is 2.35. The van der Waals surface area contributed by atoms with Crippen LogP contribution in [0.3, 0.4) is 0 Å². The molecule has 4 heteroatoms. The van der Waals surface area contributed by atoms with E-state index < -0.39 is 0 Å². The van der Waals surface area contributed by atoms with Crippen molar-refractivity contribution in [3.8, 4) is 16.3 Å². The second-order valence-corrected chi connectivity index (χ2v) is 4.82. The van der Waals surface area contributed by atoms with Gasteiger partial charge >= 0.3 is 0 Å². The summed E-state index contributed by atoms with van der Waals surface area (Å²) in [4.78, 5) is 5.73. The van der Waals surface area contributed by atoms with Gasteiger partial charge in [0.1, 0.15) is 10.8 Å². The summed E-state index contributed by atoms with van der Waals surface area (Å²) in [6.07, 6.45) is 0. The molecule has 0 spiro atoms. The SMILES string of the molecule is COc1ccc(N)cc1-c1nc(C)c(C)s1. The van der Waals surface area contributed by atoms with Crippen LogP contribution in [0.2, 0.25) is 0 Å². The molecule has 0 radical (unpaired) electrons. The number of hydrogen-bond acceptors (Lipinski definition) is 4. The Bertz CT molecular complexity index is 500. The molecule has 16 heavy (non-hydrogen) atoms. The summed E-state index contributed by atoms with van der Waals surface area (Å²) in [5.74, 6) is 0.808. The van der Waals surface area contributed by atoms with Gasteiger partial charge in [-0.3, -0.25) is 0 Å². The lowest BCUT2D eigenvalue weighted by molar-refractivity contribution is 0.416. The third kappa shape index (κ3) is 1.88. The Kier molecular flexibility index (Phi) is 2.83. The lowest BCUT2D eigenvalue weighted by atomic mass is 10.2. The third-order valence-corrected chi connectivity index (χ3v) is 3.59. The Labute approximate surface area is 98.9 Å². The minimum atomic E-state index is 0.723. The smallest absolute Gasteiger partial charge is 0.129 e. The first-order valence-electron chi connectivity index (χ1n) is 4.99. The summed E-state index contributed by atoms with van der Waals surface area (Å²) in [6, 6.07) is 5.60. The molecular weight excluding hydrogens is 220 g/mol. The Balaban J connectivity index is 2.57. The van der Waals surface area contributed by atoms with E-state index in [1.807, 2.05) is 25.1 Å². The molecule has 0 unspecified atom stereocenters. The molecule has 0 saturated heterocycles. The Morgan fingerprint density at radius 3 is 2.62 bits per heavy atom. The van der Waals surface area contributed by atoms with Gasteiger partial charge in [0.25, 0.3) is 0 Å². The van der Waals surface area contributed by atoms with Crippen LogP contribution in [-0.2, 0) is 0 Å². The maximum absolute atomic E-state index is 5.79. The van der Waals surface area contributed by atoms with Gasteiger partial charge in [-0.1, -0.05) is 0 Å². The van der Waals surface area contributed by atoms with E-state index >= 15 is 0 Å². The molecule has 0 aliphatic rings. The third-order valence-electron chi connectivity index (χ3n) is 2.48. The molecule has 0 aliphatic carbocycles. The standard InChI is InChI=1S/C12H14N2OS/c1-7-8(2)16-12(14-7)10-6-9(13)4-5-11(10)15-3/h4-6H,13H2,1-3H3. The summed E-state index contributed by atoms with van der Waals surface area (Å²) >= 11 is 1.66. The highest BCUT2D eigenvalue weighted by molar-refractivity contribution is 7.15. The minimum absolute atomic E-state index is 0.723. The largest absolute Gasteiger partial charge is 0.496 e. The number of aryl methyl sites for hydroxylation is 2. The first kappa shape index (κ1) is 11.0. The number of benzene rings is 1. The maximum atomic E-state index is 5.79. The van der Waals surface area contributed by atoms with Crippen LogP contribution in [0.1, 0.15) is 10.6 Å². The quantitative estimate of drug-likeness (QED) is 0.812. The summed E-state index contributed by atoms with van der Waals surface area (Å²) in [6.45, 7) is 4.07. The number of ether oxygens (including phenoxy) is 1. The predicted molar refractivity (Wildman–Crippen MR) is 68.0 cm³/mol. The van der Waals surface area contributed by atoms with Crippen molar-refractivity contribution in [3.63, 3.8) is 0 Å². The molecule has 1 aromatic carbocycles. The average molecular weight is 234 g/mol. The van der Waals surface area contributed by atoms with Crippen LogP contribution >= 0.6 is 11.3 Å². The van der Waals surface area contributed by atoms with Crippen molar-refractivity contribution in [2.45, 2.75) is 13.8 Å². The van der Waals surface area contributed by atoms with Crippen molar-refractivity contribution < 1.29 is 4.74 Å². The average Bonchev–Trinajstić information content (AvgIpc) is 2.59. The molecule has 0 saturated carbocycles. The van der Waals surface area contributed by atoms with Gasteiger partial charge in [-0.15, -0.1) is 11.3 Å². The van der Waals surface area contributed by atoms with Gasteiger partial charge in [0.2, 0.25) is 0 Å². The fourth-order valence-electron chi connectivity index (χ4n) is 1.48. The van der Waals surface area contributed by atoms with Gasteiger partial charge in [-0.2, -0.15) is 0 Å². The molecular formula is C12H14N2OS. The van der Waals surface area contributed by atoms with Crippen LogP contribution in [-0.4, -0.2) is 12.1 Å². The Hall–Kier alpha value is -1.55. The molecule has 0 aliphatic heterocycles. The van der Waals surface area contributed by atoms with E-state index in [2.05, 4.69) is 11.9 Å². The highest BCUT2D eigenvalue weighted by Gasteiger charge is 2.11. The number of aromatic nitrogens is 1. The maximum Gasteiger partial charge on any atom is 0.129 e. The van der Waals surface area contributed by atoms with Crippen molar-refractivity contribution >= 4 is 17.0 Å². The topological polar surface area (TPSA) is 48.1 Å². The van der Waals surface area contributed by atoms with Crippen molar-refractivity contribution in [3.05, 3.63) is 28.8 Å². The number of hydrogen-bond donors (Lipinski definition) is 1. The van der Waals surface area contributed by atoms with E-state index in [0.29, 0.717) is 0 Å². The van der Waals surface area contributed by atoms with E-state index in [-0.39, 0.29) is 0 Å². The number of nitrogens with zero attached hydrogens (tertiary/aromatic N) is 1. The molecule has 0 atom stereocenters. The van der Waals surface area contributed by atoms with Crippen molar-refractivity contribution in [2.75, 3.05) is 12.8 Å². The molecule has 0 amide bonds. The fraction of sp³-hybridized carbons (Fsp3) is 0.250. The molecule has 2 rings (SSSR count). The minimum Gasteiger partial charge on any atom is -0.496 e. The van der Waals surface area contributed by atoms with Crippen LogP contribution in [0.5, 0.6) is 5.75 Å². The zero-order chi connectivity index (χ0) is 11.7. The van der Waals surface area contributed by atoms with Gasteiger partial charge in [0, 0.05) is 10.6 Å². The number of anilines is 1. The predicted octanol–water partition coefficient (Wildman–Crippen LogP) is 3.02.